The first-order valence-corrected chi connectivity index (χ1v) is 7.45. The molecule has 0 heterocycles. The van der Waals surface area contributed by atoms with Gasteiger partial charge >= 0.3 is 0 Å². The van der Waals surface area contributed by atoms with Gasteiger partial charge in [0.05, 0.1) is 0 Å². The fraction of sp³-hybridized carbons (Fsp3) is 0.562. The largest absolute Gasteiger partial charge is 0.369 e. The number of primary amides is 1. The average molecular weight is 275 g/mol. The molecule has 4 heteroatoms. The van der Waals surface area contributed by atoms with E-state index in [0.717, 1.165) is 37.8 Å². The molecule has 110 valence electrons. The minimum atomic E-state index is -0.360. The summed E-state index contributed by atoms with van der Waals surface area (Å²) in [5.74, 6) is -0.360. The van der Waals surface area contributed by atoms with E-state index in [2.05, 4.69) is 17.9 Å². The van der Waals surface area contributed by atoms with Gasteiger partial charge in [0.2, 0.25) is 5.91 Å². The highest BCUT2D eigenvalue weighted by Crippen LogP contribution is 2.28. The third kappa shape index (κ3) is 3.12. The Hall–Kier alpha value is -1.55. The average Bonchev–Trinajstić information content (AvgIpc) is 2.41. The molecule has 0 unspecified atom stereocenters. The van der Waals surface area contributed by atoms with E-state index in [1.54, 1.807) is 0 Å². The Bertz CT molecular complexity index is 479. The number of aryl methyl sites for hydroxylation is 1. The Morgan fingerprint density at radius 3 is 2.45 bits per heavy atom. The molecule has 1 aromatic rings. The van der Waals surface area contributed by atoms with E-state index >= 15 is 0 Å². The van der Waals surface area contributed by atoms with Crippen molar-refractivity contribution in [1.29, 1.82) is 0 Å². The van der Waals surface area contributed by atoms with Crippen molar-refractivity contribution in [3.63, 3.8) is 0 Å². The van der Waals surface area contributed by atoms with E-state index in [-0.39, 0.29) is 5.91 Å². The molecule has 0 aliphatic heterocycles. The maximum atomic E-state index is 11.3. The van der Waals surface area contributed by atoms with E-state index < -0.39 is 0 Å². The van der Waals surface area contributed by atoms with Crippen molar-refractivity contribution in [2.75, 3.05) is 11.4 Å². The van der Waals surface area contributed by atoms with Gasteiger partial charge in [-0.25, -0.2) is 0 Å². The van der Waals surface area contributed by atoms with E-state index in [0.29, 0.717) is 17.6 Å². The van der Waals surface area contributed by atoms with Crippen molar-refractivity contribution < 1.29 is 4.79 Å². The zero-order chi connectivity index (χ0) is 14.7. The van der Waals surface area contributed by atoms with Crippen molar-refractivity contribution in [2.45, 2.75) is 51.6 Å². The van der Waals surface area contributed by atoms with Gasteiger partial charge in [-0.3, -0.25) is 4.79 Å². The molecule has 0 bridgehead atoms. The van der Waals surface area contributed by atoms with Crippen LogP contribution in [0.2, 0.25) is 0 Å². The first-order chi connectivity index (χ1) is 9.52. The summed E-state index contributed by atoms with van der Waals surface area (Å²) in [6.45, 7) is 5.08. The standard InChI is InChI=1S/C16H25N3O/c1-3-19(13-6-4-12(17)5-7-13)14-8-9-15(16(18)20)11(2)10-14/h8-10,12-13H,3-7,17H2,1-2H3,(H2,18,20). The van der Waals surface area contributed by atoms with E-state index in [1.165, 1.54) is 5.69 Å². The number of hydrogen-bond donors (Lipinski definition) is 2. The Morgan fingerprint density at radius 2 is 1.95 bits per heavy atom. The number of anilines is 1. The predicted molar refractivity (Wildman–Crippen MR) is 82.9 cm³/mol. The van der Waals surface area contributed by atoms with Gasteiger partial charge in [0.1, 0.15) is 0 Å². The summed E-state index contributed by atoms with van der Waals surface area (Å²) in [6, 6.07) is 6.83. The van der Waals surface area contributed by atoms with Crippen LogP contribution in [0.15, 0.2) is 18.2 Å². The summed E-state index contributed by atoms with van der Waals surface area (Å²) in [4.78, 5) is 13.7. The van der Waals surface area contributed by atoms with Crippen molar-refractivity contribution in [3.8, 4) is 0 Å². The second-order valence-corrected chi connectivity index (χ2v) is 5.72. The molecule has 1 aromatic carbocycles. The van der Waals surface area contributed by atoms with Crippen LogP contribution in [0.5, 0.6) is 0 Å². The Morgan fingerprint density at radius 1 is 1.30 bits per heavy atom. The number of hydrogen-bond acceptors (Lipinski definition) is 3. The summed E-state index contributed by atoms with van der Waals surface area (Å²) in [6.07, 6.45) is 4.48. The molecule has 1 aliphatic carbocycles. The Labute approximate surface area is 121 Å². The highest BCUT2D eigenvalue weighted by molar-refractivity contribution is 5.94. The summed E-state index contributed by atoms with van der Waals surface area (Å²) >= 11 is 0. The minimum Gasteiger partial charge on any atom is -0.369 e. The van der Waals surface area contributed by atoms with E-state index in [1.807, 2.05) is 19.1 Å². The second kappa shape index (κ2) is 6.27. The third-order valence-electron chi connectivity index (χ3n) is 4.33. The maximum Gasteiger partial charge on any atom is 0.248 e. The van der Waals surface area contributed by atoms with Gasteiger partial charge in [-0.15, -0.1) is 0 Å². The minimum absolute atomic E-state index is 0.360. The van der Waals surface area contributed by atoms with Crippen LogP contribution in [-0.2, 0) is 0 Å². The van der Waals surface area contributed by atoms with Crippen LogP contribution in [0.1, 0.15) is 48.5 Å². The Balaban J connectivity index is 2.19. The molecule has 2 rings (SSSR count). The van der Waals surface area contributed by atoms with Crippen molar-refractivity contribution in [2.24, 2.45) is 11.5 Å². The molecule has 0 radical (unpaired) electrons. The quantitative estimate of drug-likeness (QED) is 0.884. The van der Waals surface area contributed by atoms with Gasteiger partial charge < -0.3 is 16.4 Å². The van der Waals surface area contributed by atoms with Crippen LogP contribution >= 0.6 is 0 Å². The summed E-state index contributed by atoms with van der Waals surface area (Å²) in [5, 5.41) is 0. The summed E-state index contributed by atoms with van der Waals surface area (Å²) < 4.78 is 0. The SMILES string of the molecule is CCN(c1ccc(C(N)=O)c(C)c1)C1CCC(N)CC1. The fourth-order valence-electron chi connectivity index (χ4n) is 3.17. The van der Waals surface area contributed by atoms with Gasteiger partial charge in [0.15, 0.2) is 0 Å². The second-order valence-electron chi connectivity index (χ2n) is 5.72. The van der Waals surface area contributed by atoms with Crippen LogP contribution in [0.3, 0.4) is 0 Å². The maximum absolute atomic E-state index is 11.3. The van der Waals surface area contributed by atoms with Crippen LogP contribution in [0.25, 0.3) is 0 Å². The van der Waals surface area contributed by atoms with E-state index in [4.69, 9.17) is 11.5 Å². The normalized spacial score (nSPS) is 22.6. The lowest BCUT2D eigenvalue weighted by Gasteiger charge is -2.37. The highest BCUT2D eigenvalue weighted by atomic mass is 16.1. The molecule has 4 nitrogen and oxygen atoms in total. The van der Waals surface area contributed by atoms with Gasteiger partial charge in [-0.1, -0.05) is 0 Å². The molecule has 0 atom stereocenters. The highest BCUT2D eigenvalue weighted by Gasteiger charge is 2.24. The monoisotopic (exact) mass is 275 g/mol. The number of carbonyl (C=O) groups is 1. The zero-order valence-electron chi connectivity index (χ0n) is 12.4. The number of carbonyl (C=O) groups excluding carboxylic acids is 1. The first-order valence-electron chi connectivity index (χ1n) is 7.45. The van der Waals surface area contributed by atoms with Crippen molar-refractivity contribution in [3.05, 3.63) is 29.3 Å². The topological polar surface area (TPSA) is 72.3 Å². The lowest BCUT2D eigenvalue weighted by atomic mass is 9.90. The molecular formula is C16H25N3O. The summed E-state index contributed by atoms with van der Waals surface area (Å²) in [7, 11) is 0. The lowest BCUT2D eigenvalue weighted by Crippen LogP contribution is -2.41. The molecule has 0 saturated heterocycles. The van der Waals surface area contributed by atoms with Crippen LogP contribution in [0.4, 0.5) is 5.69 Å². The molecule has 20 heavy (non-hydrogen) atoms. The summed E-state index contributed by atoms with van der Waals surface area (Å²) in [5.41, 5.74) is 14.1. The molecule has 0 aromatic heterocycles. The van der Waals surface area contributed by atoms with E-state index in [9.17, 15) is 4.79 Å². The fourth-order valence-corrected chi connectivity index (χ4v) is 3.17. The number of benzene rings is 1. The third-order valence-corrected chi connectivity index (χ3v) is 4.33. The lowest BCUT2D eigenvalue weighted by molar-refractivity contribution is 0.0999. The first kappa shape index (κ1) is 14.9. The zero-order valence-corrected chi connectivity index (χ0v) is 12.4. The van der Waals surface area contributed by atoms with Gasteiger partial charge in [-0.2, -0.15) is 0 Å². The van der Waals surface area contributed by atoms with Gasteiger partial charge in [0.25, 0.3) is 0 Å². The molecule has 4 N–H and O–H groups in total. The molecule has 1 aliphatic rings. The van der Waals surface area contributed by atoms with Crippen molar-refractivity contribution >= 4 is 11.6 Å². The van der Waals surface area contributed by atoms with Crippen LogP contribution < -0.4 is 16.4 Å². The molecule has 1 saturated carbocycles. The number of nitrogens with zero attached hydrogens (tertiary/aromatic N) is 1. The molecule has 1 amide bonds. The van der Waals surface area contributed by atoms with Gasteiger partial charge in [0, 0.05) is 29.9 Å². The van der Waals surface area contributed by atoms with Crippen molar-refractivity contribution in [1.82, 2.24) is 0 Å². The smallest absolute Gasteiger partial charge is 0.248 e. The molecule has 0 spiro atoms. The van der Waals surface area contributed by atoms with Crippen LogP contribution in [-0.4, -0.2) is 24.5 Å². The van der Waals surface area contributed by atoms with Gasteiger partial charge in [-0.05, 0) is 63.3 Å². The number of amides is 1. The number of rotatable bonds is 4. The Kier molecular flexibility index (Phi) is 4.65. The molecule has 1 fully saturated rings. The van der Waals surface area contributed by atoms with Crippen LogP contribution in [0, 0.1) is 6.92 Å². The predicted octanol–water partition coefficient (Wildman–Crippen LogP) is 2.19. The molecular weight excluding hydrogens is 250 g/mol. The number of nitrogens with two attached hydrogens (primary N) is 2.